The van der Waals surface area contributed by atoms with E-state index >= 15 is 0 Å². The Morgan fingerprint density at radius 2 is 1.84 bits per heavy atom. The van der Waals surface area contributed by atoms with Gasteiger partial charge in [0.1, 0.15) is 0 Å². The lowest BCUT2D eigenvalue weighted by Crippen LogP contribution is -2.06. The molecule has 3 rings (SSSR count). The zero-order valence-corrected chi connectivity index (χ0v) is 19.1. The average Bonchev–Trinajstić information content (AvgIpc) is 2.75. The van der Waals surface area contributed by atoms with E-state index in [4.69, 9.17) is 41.8 Å². The summed E-state index contributed by atoms with van der Waals surface area (Å²) in [6.45, 7) is 2.11. The van der Waals surface area contributed by atoms with E-state index in [0.29, 0.717) is 57.9 Å². The van der Waals surface area contributed by atoms with Crippen LogP contribution in [0.25, 0.3) is 11.0 Å². The molecular formula is C22H22Cl2N2O6. The summed E-state index contributed by atoms with van der Waals surface area (Å²) >= 11 is 12.4. The summed E-state index contributed by atoms with van der Waals surface area (Å²) in [6, 6.07) is 4.77. The minimum atomic E-state index is -0.583. The van der Waals surface area contributed by atoms with Crippen molar-refractivity contribution in [2.24, 2.45) is 0 Å². The molecular weight excluding hydrogens is 459 g/mol. The monoisotopic (exact) mass is 480 g/mol. The summed E-state index contributed by atoms with van der Waals surface area (Å²) in [5.41, 5.74) is 0.516. The van der Waals surface area contributed by atoms with Gasteiger partial charge < -0.3 is 23.9 Å². The Kier molecular flexibility index (Phi) is 8.19. The molecule has 0 radical (unpaired) electrons. The number of nitrogens with zero attached hydrogens (tertiary/aromatic N) is 1. The largest absolute Gasteiger partial charge is 0.493 e. The second-order valence-electron chi connectivity index (χ2n) is 6.81. The highest BCUT2D eigenvalue weighted by Crippen LogP contribution is 2.40. The number of rotatable bonds is 10. The van der Waals surface area contributed by atoms with Crippen molar-refractivity contribution in [3.8, 4) is 11.5 Å². The molecule has 0 bridgehead atoms. The molecule has 0 atom stereocenters. The number of anilines is 2. The maximum Gasteiger partial charge on any atom is 0.338 e. The fourth-order valence-electron chi connectivity index (χ4n) is 3.02. The number of esters is 1. The van der Waals surface area contributed by atoms with Crippen molar-refractivity contribution in [1.29, 1.82) is 0 Å². The first-order valence-electron chi connectivity index (χ1n) is 9.87. The number of benzene rings is 1. The van der Waals surface area contributed by atoms with Gasteiger partial charge in [-0.25, -0.2) is 4.79 Å². The van der Waals surface area contributed by atoms with Crippen molar-refractivity contribution in [1.82, 2.24) is 4.98 Å². The molecule has 0 aliphatic carbocycles. The normalized spacial score (nSPS) is 10.8. The van der Waals surface area contributed by atoms with E-state index in [-0.39, 0.29) is 11.6 Å². The highest BCUT2D eigenvalue weighted by Gasteiger charge is 2.17. The number of halogens is 2. The van der Waals surface area contributed by atoms with Crippen LogP contribution in [0.2, 0.25) is 10.0 Å². The predicted octanol–water partition coefficient (Wildman–Crippen LogP) is 5.36. The molecule has 170 valence electrons. The number of unbranched alkanes of at least 4 members (excludes halogenated alkanes) is 2. The number of carbonyl (C=O) groups is 1. The van der Waals surface area contributed by atoms with Gasteiger partial charge in [-0.15, -0.1) is 0 Å². The van der Waals surface area contributed by atoms with E-state index < -0.39 is 5.63 Å². The molecule has 0 fully saturated rings. The molecule has 0 saturated heterocycles. The number of carbonyl (C=O) groups excluding carboxylic acids is 1. The molecule has 0 saturated carbocycles. The highest BCUT2D eigenvalue weighted by molar-refractivity contribution is 6.39. The molecule has 0 unspecified atom stereocenters. The van der Waals surface area contributed by atoms with Crippen LogP contribution in [0, 0.1) is 0 Å². The first-order chi connectivity index (χ1) is 15.4. The van der Waals surface area contributed by atoms with Gasteiger partial charge in [0.05, 0.1) is 41.7 Å². The number of nitrogens with one attached hydrogen (secondary N) is 1. The molecule has 3 aromatic rings. The van der Waals surface area contributed by atoms with Gasteiger partial charge in [-0.3, -0.25) is 9.78 Å². The van der Waals surface area contributed by atoms with Crippen molar-refractivity contribution < 1.29 is 23.4 Å². The molecule has 2 heterocycles. The molecule has 8 nitrogen and oxygen atoms in total. The summed E-state index contributed by atoms with van der Waals surface area (Å²) in [7, 11) is 1.50. The van der Waals surface area contributed by atoms with Crippen LogP contribution in [0.5, 0.6) is 11.5 Å². The van der Waals surface area contributed by atoms with Gasteiger partial charge in [0.2, 0.25) is 5.75 Å². The molecule has 0 spiro atoms. The SMILES string of the molecule is COc1ccc2c(Nc3c(Cl)cncc3Cl)cc(=O)oc2c1OCCCCCOC(C)=O. The Balaban J connectivity index is 1.85. The van der Waals surface area contributed by atoms with Crippen molar-refractivity contribution in [2.75, 3.05) is 25.6 Å². The van der Waals surface area contributed by atoms with Crippen LogP contribution in [0.4, 0.5) is 11.4 Å². The van der Waals surface area contributed by atoms with Gasteiger partial charge in [0.25, 0.3) is 0 Å². The Morgan fingerprint density at radius 3 is 2.53 bits per heavy atom. The number of methoxy groups -OCH3 is 1. The summed E-state index contributed by atoms with van der Waals surface area (Å²) in [5.74, 6) is 0.450. The predicted molar refractivity (Wildman–Crippen MR) is 123 cm³/mol. The zero-order valence-electron chi connectivity index (χ0n) is 17.6. The van der Waals surface area contributed by atoms with Gasteiger partial charge in [0, 0.05) is 30.8 Å². The van der Waals surface area contributed by atoms with Gasteiger partial charge in [-0.05, 0) is 31.4 Å². The number of fused-ring (bicyclic) bond motifs is 1. The van der Waals surface area contributed by atoms with Crippen LogP contribution in [0.15, 0.2) is 39.8 Å². The number of aromatic nitrogens is 1. The van der Waals surface area contributed by atoms with Gasteiger partial charge in [0.15, 0.2) is 11.3 Å². The van der Waals surface area contributed by atoms with E-state index in [1.165, 1.54) is 32.5 Å². The van der Waals surface area contributed by atoms with Crippen molar-refractivity contribution in [3.63, 3.8) is 0 Å². The lowest BCUT2D eigenvalue weighted by atomic mass is 10.1. The third kappa shape index (κ3) is 5.83. The third-order valence-electron chi connectivity index (χ3n) is 4.50. The summed E-state index contributed by atoms with van der Waals surface area (Å²) in [4.78, 5) is 27.0. The minimum absolute atomic E-state index is 0.237. The molecule has 0 aliphatic rings. The molecule has 0 amide bonds. The number of hydrogen-bond donors (Lipinski definition) is 1. The fraction of sp³-hybridized carbons (Fsp3) is 0.318. The highest BCUT2D eigenvalue weighted by atomic mass is 35.5. The quantitative estimate of drug-likeness (QED) is 0.235. The Hall–Kier alpha value is -2.97. The summed E-state index contributed by atoms with van der Waals surface area (Å²) in [6.07, 6.45) is 5.14. The van der Waals surface area contributed by atoms with Crippen LogP contribution in [0.1, 0.15) is 26.2 Å². The minimum Gasteiger partial charge on any atom is -0.493 e. The van der Waals surface area contributed by atoms with Crippen molar-refractivity contribution >= 4 is 51.5 Å². The smallest absolute Gasteiger partial charge is 0.338 e. The second kappa shape index (κ2) is 11.1. The first-order valence-corrected chi connectivity index (χ1v) is 10.6. The Labute approximate surface area is 194 Å². The molecule has 10 heteroatoms. The van der Waals surface area contributed by atoms with Crippen LogP contribution in [0.3, 0.4) is 0 Å². The van der Waals surface area contributed by atoms with Crippen molar-refractivity contribution in [3.05, 3.63) is 51.1 Å². The van der Waals surface area contributed by atoms with Gasteiger partial charge in [-0.1, -0.05) is 23.2 Å². The van der Waals surface area contributed by atoms with Crippen LogP contribution in [-0.4, -0.2) is 31.3 Å². The number of pyridine rings is 1. The Morgan fingerprint density at radius 1 is 1.12 bits per heavy atom. The van der Waals surface area contributed by atoms with Gasteiger partial charge in [-0.2, -0.15) is 0 Å². The molecule has 32 heavy (non-hydrogen) atoms. The van der Waals surface area contributed by atoms with E-state index in [1.54, 1.807) is 12.1 Å². The maximum absolute atomic E-state index is 12.3. The Bertz CT molecular complexity index is 1140. The van der Waals surface area contributed by atoms with E-state index in [2.05, 4.69) is 10.3 Å². The summed E-state index contributed by atoms with van der Waals surface area (Å²) < 4.78 is 21.7. The van der Waals surface area contributed by atoms with E-state index in [1.807, 2.05) is 0 Å². The van der Waals surface area contributed by atoms with Crippen LogP contribution < -0.4 is 20.4 Å². The zero-order chi connectivity index (χ0) is 23.1. The fourth-order valence-corrected chi connectivity index (χ4v) is 3.48. The maximum atomic E-state index is 12.3. The van der Waals surface area contributed by atoms with Crippen molar-refractivity contribution in [2.45, 2.75) is 26.2 Å². The van der Waals surface area contributed by atoms with E-state index in [9.17, 15) is 9.59 Å². The molecule has 1 aromatic carbocycles. The number of hydrogen-bond acceptors (Lipinski definition) is 8. The van der Waals surface area contributed by atoms with Crippen LogP contribution >= 0.6 is 23.2 Å². The lowest BCUT2D eigenvalue weighted by Gasteiger charge is -2.15. The molecule has 0 aliphatic heterocycles. The van der Waals surface area contributed by atoms with Gasteiger partial charge >= 0.3 is 11.6 Å². The first kappa shape index (κ1) is 23.7. The standard InChI is InChI=1S/C22H22Cl2N2O6/c1-13(27)30-8-4-3-5-9-31-22-18(29-2)7-6-14-17(10-19(28)32-21(14)22)26-20-15(23)11-25-12-16(20)24/h6-7,10-12H,3-5,8-9H2,1-2H3,(H,25,26). The number of ether oxygens (including phenoxy) is 3. The lowest BCUT2D eigenvalue weighted by molar-refractivity contribution is -0.141. The van der Waals surface area contributed by atoms with Crippen LogP contribution in [-0.2, 0) is 9.53 Å². The molecule has 2 aromatic heterocycles. The summed E-state index contributed by atoms with van der Waals surface area (Å²) in [5, 5.41) is 4.28. The van der Waals surface area contributed by atoms with E-state index in [0.717, 1.165) is 12.8 Å². The average molecular weight is 481 g/mol. The molecule has 1 N–H and O–H groups in total. The topological polar surface area (TPSA) is 99.9 Å². The third-order valence-corrected chi connectivity index (χ3v) is 5.08. The second-order valence-corrected chi connectivity index (χ2v) is 7.62.